The molecule has 0 unspecified atom stereocenters. The van der Waals surface area contributed by atoms with E-state index in [2.05, 4.69) is 4.98 Å². The summed E-state index contributed by atoms with van der Waals surface area (Å²) in [6.07, 6.45) is 3.73. The van der Waals surface area contributed by atoms with Crippen LogP contribution in [0.5, 0.6) is 11.6 Å². The summed E-state index contributed by atoms with van der Waals surface area (Å²) in [5, 5.41) is 9.37. The van der Waals surface area contributed by atoms with Crippen LogP contribution in [0.15, 0.2) is 12.3 Å². The fraction of sp³-hybridized carbons (Fsp3) is 0.500. The lowest BCUT2D eigenvalue weighted by Crippen LogP contribution is -2.42. The zero-order valence-electron chi connectivity index (χ0n) is 9.90. The normalized spacial score (nSPS) is 17.1. The molecule has 0 aromatic carbocycles. The number of hydrogen-bond donors (Lipinski definition) is 1. The number of methoxy groups -OCH3 is 2. The molecule has 17 heavy (non-hydrogen) atoms. The number of aliphatic carboxylic acids is 1. The van der Waals surface area contributed by atoms with Gasteiger partial charge in [-0.25, -0.2) is 4.98 Å². The Morgan fingerprint density at radius 1 is 1.41 bits per heavy atom. The molecule has 1 aromatic heterocycles. The zero-order chi connectivity index (χ0) is 12.5. The van der Waals surface area contributed by atoms with Crippen molar-refractivity contribution >= 4 is 5.97 Å². The van der Waals surface area contributed by atoms with E-state index in [4.69, 9.17) is 9.47 Å². The first-order valence-electron chi connectivity index (χ1n) is 5.46. The molecule has 5 nitrogen and oxygen atoms in total. The molecule has 0 spiro atoms. The van der Waals surface area contributed by atoms with Crippen molar-refractivity contribution < 1.29 is 19.4 Å². The monoisotopic (exact) mass is 237 g/mol. The summed E-state index contributed by atoms with van der Waals surface area (Å²) < 4.78 is 10.2. The lowest BCUT2D eigenvalue weighted by atomic mass is 9.64. The van der Waals surface area contributed by atoms with Gasteiger partial charge in [0, 0.05) is 17.8 Å². The Balaban J connectivity index is 2.47. The minimum atomic E-state index is -0.829. The van der Waals surface area contributed by atoms with Crippen LogP contribution in [-0.4, -0.2) is 30.3 Å². The van der Waals surface area contributed by atoms with E-state index in [1.165, 1.54) is 14.2 Å². The number of carboxylic acids is 1. The molecule has 0 aliphatic heterocycles. The highest BCUT2D eigenvalue weighted by atomic mass is 16.5. The Bertz CT molecular complexity index is 440. The summed E-state index contributed by atoms with van der Waals surface area (Å²) in [7, 11) is 3.03. The maximum atomic E-state index is 11.4. The molecule has 5 heteroatoms. The highest BCUT2D eigenvalue weighted by molar-refractivity contribution is 5.83. The number of rotatable bonds is 4. The molecular weight excluding hydrogens is 222 g/mol. The topological polar surface area (TPSA) is 68.7 Å². The number of aromatic nitrogens is 1. The molecule has 1 aliphatic rings. The van der Waals surface area contributed by atoms with Gasteiger partial charge in [-0.3, -0.25) is 4.79 Å². The Kier molecular flexibility index (Phi) is 2.92. The summed E-state index contributed by atoms with van der Waals surface area (Å²) in [4.78, 5) is 15.5. The molecule has 1 N–H and O–H groups in total. The SMILES string of the molecule is COc1cc(OC)c(C2(C(=O)O)CCC2)cn1. The van der Waals surface area contributed by atoms with Crippen molar-refractivity contribution in [1.82, 2.24) is 4.98 Å². The summed E-state index contributed by atoms with van der Waals surface area (Å²) in [5.41, 5.74) is -0.190. The first-order valence-corrected chi connectivity index (χ1v) is 5.46. The van der Waals surface area contributed by atoms with Gasteiger partial charge in [0.25, 0.3) is 0 Å². The highest BCUT2D eigenvalue weighted by Crippen LogP contribution is 2.47. The van der Waals surface area contributed by atoms with Crippen LogP contribution in [0.1, 0.15) is 24.8 Å². The maximum Gasteiger partial charge on any atom is 0.314 e. The minimum absolute atomic E-state index is 0.422. The van der Waals surface area contributed by atoms with E-state index in [0.29, 0.717) is 30.0 Å². The summed E-state index contributed by atoms with van der Waals surface area (Å²) in [6, 6.07) is 1.62. The van der Waals surface area contributed by atoms with Crippen molar-refractivity contribution in [1.29, 1.82) is 0 Å². The van der Waals surface area contributed by atoms with Crippen LogP contribution < -0.4 is 9.47 Å². The van der Waals surface area contributed by atoms with Gasteiger partial charge in [0.1, 0.15) is 5.75 Å². The Morgan fingerprint density at radius 2 is 2.12 bits per heavy atom. The van der Waals surface area contributed by atoms with E-state index < -0.39 is 11.4 Å². The van der Waals surface area contributed by atoms with E-state index in [1.54, 1.807) is 12.3 Å². The third kappa shape index (κ3) is 1.71. The number of nitrogens with zero attached hydrogens (tertiary/aromatic N) is 1. The molecule has 0 bridgehead atoms. The summed E-state index contributed by atoms with van der Waals surface area (Å²) in [6.45, 7) is 0. The number of carboxylic acid groups (broad SMARTS) is 1. The van der Waals surface area contributed by atoms with Gasteiger partial charge < -0.3 is 14.6 Å². The van der Waals surface area contributed by atoms with Gasteiger partial charge in [-0.2, -0.15) is 0 Å². The van der Waals surface area contributed by atoms with Gasteiger partial charge in [-0.1, -0.05) is 6.42 Å². The lowest BCUT2D eigenvalue weighted by Gasteiger charge is -2.38. The van der Waals surface area contributed by atoms with Gasteiger partial charge in [0.2, 0.25) is 5.88 Å². The molecule has 92 valence electrons. The fourth-order valence-corrected chi connectivity index (χ4v) is 2.19. The van der Waals surface area contributed by atoms with Crippen LogP contribution in [0.25, 0.3) is 0 Å². The first kappa shape index (κ1) is 11.7. The van der Waals surface area contributed by atoms with E-state index in [0.717, 1.165) is 6.42 Å². The third-order valence-electron chi connectivity index (χ3n) is 3.40. The molecule has 1 aliphatic carbocycles. The van der Waals surface area contributed by atoms with E-state index in [-0.39, 0.29) is 0 Å². The van der Waals surface area contributed by atoms with Crippen LogP contribution in [0.2, 0.25) is 0 Å². The second kappa shape index (κ2) is 4.24. The molecule has 1 fully saturated rings. The summed E-state index contributed by atoms with van der Waals surface area (Å²) in [5.74, 6) is 0.137. The molecule has 0 atom stereocenters. The Labute approximate surface area is 99.4 Å². The average Bonchev–Trinajstić information content (AvgIpc) is 2.27. The lowest BCUT2D eigenvalue weighted by molar-refractivity contribution is -0.147. The predicted molar refractivity (Wildman–Crippen MR) is 60.5 cm³/mol. The molecule has 0 saturated heterocycles. The zero-order valence-corrected chi connectivity index (χ0v) is 9.90. The smallest absolute Gasteiger partial charge is 0.314 e. The van der Waals surface area contributed by atoms with E-state index >= 15 is 0 Å². The summed E-state index contributed by atoms with van der Waals surface area (Å²) >= 11 is 0. The third-order valence-corrected chi connectivity index (χ3v) is 3.40. The number of carbonyl (C=O) groups is 1. The number of hydrogen-bond acceptors (Lipinski definition) is 4. The highest BCUT2D eigenvalue weighted by Gasteiger charge is 2.48. The van der Waals surface area contributed by atoms with Crippen molar-refractivity contribution in [3.8, 4) is 11.6 Å². The molecular formula is C12H15NO4. The largest absolute Gasteiger partial charge is 0.496 e. The Morgan fingerprint density at radius 3 is 2.53 bits per heavy atom. The number of pyridine rings is 1. The van der Waals surface area contributed by atoms with Gasteiger partial charge in [0.15, 0.2) is 0 Å². The molecule has 1 aromatic rings. The van der Waals surface area contributed by atoms with Crippen molar-refractivity contribution in [2.45, 2.75) is 24.7 Å². The van der Waals surface area contributed by atoms with Gasteiger partial charge in [0.05, 0.1) is 19.6 Å². The van der Waals surface area contributed by atoms with Crippen LogP contribution in [0, 0.1) is 0 Å². The van der Waals surface area contributed by atoms with Crippen molar-refractivity contribution in [2.24, 2.45) is 0 Å². The minimum Gasteiger partial charge on any atom is -0.496 e. The quantitative estimate of drug-likeness (QED) is 0.861. The van der Waals surface area contributed by atoms with Gasteiger partial charge in [-0.05, 0) is 12.8 Å². The standard InChI is InChI=1S/C12H15NO4/c1-16-9-6-10(17-2)13-7-8(9)12(11(14)15)4-3-5-12/h6-7H,3-5H2,1-2H3,(H,14,15). The van der Waals surface area contributed by atoms with Crippen molar-refractivity contribution in [3.05, 3.63) is 17.8 Å². The van der Waals surface area contributed by atoms with Crippen LogP contribution in [-0.2, 0) is 10.2 Å². The fourth-order valence-electron chi connectivity index (χ4n) is 2.19. The van der Waals surface area contributed by atoms with E-state index in [1.807, 2.05) is 0 Å². The van der Waals surface area contributed by atoms with Crippen LogP contribution >= 0.6 is 0 Å². The predicted octanol–water partition coefficient (Wildman–Crippen LogP) is 1.61. The van der Waals surface area contributed by atoms with Crippen LogP contribution in [0.3, 0.4) is 0 Å². The van der Waals surface area contributed by atoms with Gasteiger partial charge >= 0.3 is 5.97 Å². The number of ether oxygens (including phenoxy) is 2. The maximum absolute atomic E-state index is 11.4. The van der Waals surface area contributed by atoms with Crippen molar-refractivity contribution in [3.63, 3.8) is 0 Å². The van der Waals surface area contributed by atoms with Crippen molar-refractivity contribution in [2.75, 3.05) is 14.2 Å². The first-order chi connectivity index (χ1) is 8.14. The molecule has 1 saturated carbocycles. The molecule has 2 rings (SSSR count). The Hall–Kier alpha value is -1.78. The van der Waals surface area contributed by atoms with Crippen LogP contribution in [0.4, 0.5) is 0 Å². The second-order valence-corrected chi connectivity index (χ2v) is 4.17. The molecule has 1 heterocycles. The molecule has 0 radical (unpaired) electrons. The van der Waals surface area contributed by atoms with Gasteiger partial charge in [-0.15, -0.1) is 0 Å². The second-order valence-electron chi connectivity index (χ2n) is 4.17. The average molecular weight is 237 g/mol. The molecule has 0 amide bonds. The van der Waals surface area contributed by atoms with E-state index in [9.17, 15) is 9.90 Å².